The van der Waals surface area contributed by atoms with Gasteiger partial charge in [-0.3, -0.25) is 9.59 Å². The lowest BCUT2D eigenvalue weighted by Gasteiger charge is -2.27. The second kappa shape index (κ2) is 4.46. The quantitative estimate of drug-likeness (QED) is 0.602. The molecule has 1 aliphatic rings. The highest BCUT2D eigenvalue weighted by molar-refractivity contribution is 6.00. The molecule has 0 atom stereocenters. The van der Waals surface area contributed by atoms with Crippen LogP contribution in [0.5, 0.6) is 0 Å². The number of nitrogen functional groups attached to an aromatic ring is 1. The Labute approximate surface area is 111 Å². The van der Waals surface area contributed by atoms with Crippen molar-refractivity contribution < 1.29 is 9.59 Å². The van der Waals surface area contributed by atoms with Crippen molar-refractivity contribution in [3.63, 3.8) is 0 Å². The van der Waals surface area contributed by atoms with Crippen LogP contribution in [0.1, 0.15) is 25.8 Å². The summed E-state index contributed by atoms with van der Waals surface area (Å²) in [7, 11) is 0. The minimum absolute atomic E-state index is 0.0389. The first-order valence-electron chi connectivity index (χ1n) is 6.05. The van der Waals surface area contributed by atoms with Gasteiger partial charge in [0.2, 0.25) is 11.8 Å². The number of rotatable bonds is 4. The van der Waals surface area contributed by atoms with Gasteiger partial charge in [-0.15, -0.1) is 0 Å². The number of fused-ring (bicyclic) bond motifs is 1. The normalized spacial score (nSPS) is 13.9. The van der Waals surface area contributed by atoms with Crippen LogP contribution in [-0.4, -0.2) is 17.4 Å². The monoisotopic (exact) mass is 262 g/mol. The zero-order valence-electron chi connectivity index (χ0n) is 11.0. The smallest absolute Gasteiger partial charge is 0.228 e. The fraction of sp³-hybridized carbons (Fsp3) is 0.385. The molecule has 0 saturated heterocycles. The number of anilines is 3. The van der Waals surface area contributed by atoms with Crippen molar-refractivity contribution in [2.45, 2.75) is 32.2 Å². The molecule has 0 aliphatic carbocycles. The summed E-state index contributed by atoms with van der Waals surface area (Å²) >= 11 is 0. The third-order valence-corrected chi connectivity index (χ3v) is 2.99. The van der Waals surface area contributed by atoms with Crippen molar-refractivity contribution in [2.24, 2.45) is 5.73 Å². The summed E-state index contributed by atoms with van der Waals surface area (Å²) < 4.78 is 0. The molecule has 1 heterocycles. The van der Waals surface area contributed by atoms with E-state index in [-0.39, 0.29) is 18.2 Å². The molecule has 1 aliphatic heterocycles. The van der Waals surface area contributed by atoms with Crippen molar-refractivity contribution in [1.29, 1.82) is 0 Å². The third-order valence-electron chi connectivity index (χ3n) is 2.99. The molecule has 0 radical (unpaired) electrons. The van der Waals surface area contributed by atoms with E-state index in [9.17, 15) is 9.59 Å². The van der Waals surface area contributed by atoms with E-state index in [1.165, 1.54) is 0 Å². The Hall–Kier alpha value is -2.24. The minimum Gasteiger partial charge on any atom is -0.397 e. The molecular formula is C13H18N4O2. The van der Waals surface area contributed by atoms with Gasteiger partial charge in [0.05, 0.1) is 17.8 Å². The summed E-state index contributed by atoms with van der Waals surface area (Å²) in [5.41, 5.74) is 13.6. The fourth-order valence-electron chi connectivity index (χ4n) is 2.25. The highest BCUT2D eigenvalue weighted by atomic mass is 16.2. The van der Waals surface area contributed by atoms with Crippen LogP contribution in [-0.2, 0) is 16.0 Å². The second-order valence-corrected chi connectivity index (χ2v) is 5.47. The van der Waals surface area contributed by atoms with Crippen LogP contribution in [0, 0.1) is 0 Å². The third kappa shape index (κ3) is 2.96. The first-order chi connectivity index (χ1) is 8.77. The maximum absolute atomic E-state index is 11.3. The van der Waals surface area contributed by atoms with Gasteiger partial charge in [0.15, 0.2) is 0 Å². The molecule has 2 rings (SSSR count). The molecule has 19 heavy (non-hydrogen) atoms. The summed E-state index contributed by atoms with van der Waals surface area (Å²) in [5, 5.41) is 5.95. The molecule has 102 valence electrons. The predicted octanol–water partition coefficient (Wildman–Crippen LogP) is 0.829. The molecule has 0 spiro atoms. The van der Waals surface area contributed by atoms with E-state index >= 15 is 0 Å². The molecule has 6 heteroatoms. The van der Waals surface area contributed by atoms with Crippen LogP contribution in [0.15, 0.2) is 12.1 Å². The number of hydrogen-bond acceptors (Lipinski definition) is 4. The first kappa shape index (κ1) is 13.2. The highest BCUT2D eigenvalue weighted by Crippen LogP contribution is 2.33. The number of hydrogen-bond donors (Lipinski definition) is 4. The van der Waals surface area contributed by atoms with Gasteiger partial charge >= 0.3 is 0 Å². The number of carbonyl (C=O) groups excluding carboxylic acids is 2. The van der Waals surface area contributed by atoms with Crippen LogP contribution in [0.4, 0.5) is 17.1 Å². The average Bonchev–Trinajstić information content (AvgIpc) is 2.55. The van der Waals surface area contributed by atoms with Gasteiger partial charge < -0.3 is 22.1 Å². The summed E-state index contributed by atoms with van der Waals surface area (Å²) in [5.74, 6) is -0.423. The van der Waals surface area contributed by atoms with Gasteiger partial charge in [-0.05, 0) is 31.5 Å². The standard InChI is InChI=1S/C13H18N4O2/c1-13(2,6-11(15)18)17-10-5-9-7(3-8(10)14)4-12(19)16-9/h3,5,17H,4,6,14H2,1-2H3,(H2,15,18)(H,16,19). The maximum Gasteiger partial charge on any atom is 0.228 e. The molecule has 1 aromatic rings. The first-order valence-corrected chi connectivity index (χ1v) is 6.05. The molecule has 0 unspecified atom stereocenters. The van der Waals surface area contributed by atoms with Gasteiger partial charge in [0.25, 0.3) is 0 Å². The number of primary amides is 1. The van der Waals surface area contributed by atoms with E-state index in [0.717, 1.165) is 11.3 Å². The number of nitrogens with one attached hydrogen (secondary N) is 2. The van der Waals surface area contributed by atoms with E-state index < -0.39 is 5.54 Å². The molecule has 6 N–H and O–H groups in total. The zero-order valence-corrected chi connectivity index (χ0v) is 11.0. The maximum atomic E-state index is 11.3. The minimum atomic E-state index is -0.503. The van der Waals surface area contributed by atoms with Gasteiger partial charge in [-0.25, -0.2) is 0 Å². The molecule has 0 fully saturated rings. The zero-order chi connectivity index (χ0) is 14.2. The largest absolute Gasteiger partial charge is 0.397 e. The Bertz CT molecular complexity index is 552. The summed E-state index contributed by atoms with van der Waals surface area (Å²) in [6.07, 6.45) is 0.542. The number of benzene rings is 1. The van der Waals surface area contributed by atoms with E-state index in [4.69, 9.17) is 11.5 Å². The Morgan fingerprint density at radius 1 is 1.47 bits per heavy atom. The van der Waals surface area contributed by atoms with Crippen molar-refractivity contribution in [3.05, 3.63) is 17.7 Å². The topological polar surface area (TPSA) is 110 Å². The highest BCUT2D eigenvalue weighted by Gasteiger charge is 2.24. The van der Waals surface area contributed by atoms with E-state index in [1.807, 2.05) is 13.8 Å². The average molecular weight is 262 g/mol. The lowest BCUT2D eigenvalue weighted by Crippen LogP contribution is -2.36. The SMILES string of the molecule is CC(C)(CC(N)=O)Nc1cc2c(cc1N)CC(=O)N2. The number of carbonyl (C=O) groups is 2. The van der Waals surface area contributed by atoms with Crippen molar-refractivity contribution in [1.82, 2.24) is 0 Å². The molecule has 2 amide bonds. The van der Waals surface area contributed by atoms with E-state index in [0.29, 0.717) is 17.8 Å². The van der Waals surface area contributed by atoms with Gasteiger partial charge in [-0.1, -0.05) is 0 Å². The van der Waals surface area contributed by atoms with E-state index in [2.05, 4.69) is 10.6 Å². The molecule has 0 saturated carbocycles. The Balaban J connectivity index is 2.24. The number of nitrogens with two attached hydrogens (primary N) is 2. The second-order valence-electron chi connectivity index (χ2n) is 5.47. The Morgan fingerprint density at radius 2 is 2.16 bits per heavy atom. The van der Waals surface area contributed by atoms with Crippen LogP contribution < -0.4 is 22.1 Å². The molecule has 0 bridgehead atoms. The van der Waals surface area contributed by atoms with Crippen molar-refractivity contribution >= 4 is 28.9 Å². The van der Waals surface area contributed by atoms with E-state index in [1.54, 1.807) is 12.1 Å². The van der Waals surface area contributed by atoms with Gasteiger partial charge in [0.1, 0.15) is 0 Å². The van der Waals surface area contributed by atoms with Crippen LogP contribution in [0.3, 0.4) is 0 Å². The van der Waals surface area contributed by atoms with Crippen LogP contribution in [0.2, 0.25) is 0 Å². The van der Waals surface area contributed by atoms with Gasteiger partial charge in [-0.2, -0.15) is 0 Å². The van der Waals surface area contributed by atoms with Crippen molar-refractivity contribution in [3.8, 4) is 0 Å². The molecular weight excluding hydrogens is 244 g/mol. The summed E-state index contributed by atoms with van der Waals surface area (Å²) in [6, 6.07) is 3.56. The lowest BCUT2D eigenvalue weighted by molar-refractivity contribution is -0.118. The van der Waals surface area contributed by atoms with Crippen LogP contribution in [0.25, 0.3) is 0 Å². The lowest BCUT2D eigenvalue weighted by atomic mass is 9.99. The fourth-order valence-corrected chi connectivity index (χ4v) is 2.25. The molecule has 1 aromatic carbocycles. The molecule has 6 nitrogen and oxygen atoms in total. The summed E-state index contributed by atoms with van der Waals surface area (Å²) in [4.78, 5) is 22.3. The molecule has 0 aromatic heterocycles. The van der Waals surface area contributed by atoms with Crippen LogP contribution >= 0.6 is 0 Å². The Kier molecular flexibility index (Phi) is 3.09. The predicted molar refractivity (Wildman–Crippen MR) is 74.7 cm³/mol. The number of amides is 2. The van der Waals surface area contributed by atoms with Gasteiger partial charge in [0, 0.05) is 17.6 Å². The van der Waals surface area contributed by atoms with Crippen molar-refractivity contribution in [2.75, 3.05) is 16.4 Å². The summed E-state index contributed by atoms with van der Waals surface area (Å²) in [6.45, 7) is 3.73. The Morgan fingerprint density at radius 3 is 2.79 bits per heavy atom.